The SMILES string of the molecule is CC(C)(C)OC(=O)NCCNc1nc(C(C)(C)C)cn2c(=O)[nH]nc12. The number of aromatic amines is 1. The summed E-state index contributed by atoms with van der Waals surface area (Å²) in [5.41, 5.74) is 0.0812. The van der Waals surface area contributed by atoms with Crippen molar-refractivity contribution in [2.45, 2.75) is 52.6 Å². The molecule has 0 aromatic carbocycles. The largest absolute Gasteiger partial charge is 0.444 e. The van der Waals surface area contributed by atoms with E-state index in [2.05, 4.69) is 25.8 Å². The molecule has 0 atom stereocenters. The standard InChI is InChI=1S/C16H26N6O3/c1-15(2,3)10-9-22-12(20-21-13(22)23)11(19-10)17-7-8-18-14(24)25-16(4,5)6/h9H,7-8H2,1-6H3,(H,17,19)(H,18,24)(H,21,23). The topological polar surface area (TPSA) is 113 Å². The highest BCUT2D eigenvalue weighted by Gasteiger charge is 2.20. The molecule has 0 aliphatic carbocycles. The molecule has 1 amide bonds. The Balaban J connectivity index is 2.08. The molecule has 0 aliphatic rings. The highest BCUT2D eigenvalue weighted by atomic mass is 16.6. The van der Waals surface area contributed by atoms with E-state index in [1.807, 2.05) is 20.8 Å². The van der Waals surface area contributed by atoms with Gasteiger partial charge < -0.3 is 15.4 Å². The summed E-state index contributed by atoms with van der Waals surface area (Å²) in [5.74, 6) is 0.483. The van der Waals surface area contributed by atoms with Crippen LogP contribution in [0.15, 0.2) is 11.0 Å². The first-order valence-corrected chi connectivity index (χ1v) is 8.16. The molecule has 0 fully saturated rings. The number of amides is 1. The first-order valence-electron chi connectivity index (χ1n) is 8.16. The molecule has 3 N–H and O–H groups in total. The minimum absolute atomic E-state index is 0.226. The molecule has 2 aromatic rings. The molecule has 2 rings (SSSR count). The van der Waals surface area contributed by atoms with Crippen LogP contribution in [0.4, 0.5) is 10.6 Å². The zero-order valence-corrected chi connectivity index (χ0v) is 15.6. The van der Waals surface area contributed by atoms with Crippen LogP contribution in [0.5, 0.6) is 0 Å². The fraction of sp³-hybridized carbons (Fsp3) is 0.625. The van der Waals surface area contributed by atoms with E-state index < -0.39 is 11.7 Å². The Morgan fingerprint density at radius 3 is 2.52 bits per heavy atom. The zero-order valence-electron chi connectivity index (χ0n) is 15.6. The van der Waals surface area contributed by atoms with Gasteiger partial charge in [-0.1, -0.05) is 20.8 Å². The van der Waals surface area contributed by atoms with Crippen molar-refractivity contribution in [3.63, 3.8) is 0 Å². The quantitative estimate of drug-likeness (QED) is 0.723. The summed E-state index contributed by atoms with van der Waals surface area (Å²) in [7, 11) is 0. The van der Waals surface area contributed by atoms with Gasteiger partial charge >= 0.3 is 11.8 Å². The number of carbonyl (C=O) groups is 1. The van der Waals surface area contributed by atoms with E-state index in [-0.39, 0.29) is 11.1 Å². The molecule has 138 valence electrons. The second kappa shape index (κ2) is 6.73. The van der Waals surface area contributed by atoms with Crippen LogP contribution in [0, 0.1) is 0 Å². The van der Waals surface area contributed by atoms with E-state index in [4.69, 9.17) is 4.74 Å². The Hall–Kier alpha value is -2.58. The lowest BCUT2D eigenvalue weighted by Gasteiger charge is -2.20. The predicted molar refractivity (Wildman–Crippen MR) is 95.0 cm³/mol. The van der Waals surface area contributed by atoms with Crippen LogP contribution in [0.1, 0.15) is 47.2 Å². The summed E-state index contributed by atoms with van der Waals surface area (Å²) in [6.45, 7) is 12.2. The smallest absolute Gasteiger partial charge is 0.407 e. The maximum atomic E-state index is 11.9. The molecule has 0 radical (unpaired) electrons. The summed E-state index contributed by atoms with van der Waals surface area (Å²) in [4.78, 5) is 28.1. The van der Waals surface area contributed by atoms with Crippen molar-refractivity contribution in [3.8, 4) is 0 Å². The van der Waals surface area contributed by atoms with E-state index in [0.717, 1.165) is 5.69 Å². The van der Waals surface area contributed by atoms with Crippen LogP contribution >= 0.6 is 0 Å². The molecule has 2 heterocycles. The molecule has 0 spiro atoms. The number of rotatable bonds is 4. The van der Waals surface area contributed by atoms with Gasteiger partial charge in [0.15, 0.2) is 5.82 Å². The number of carbonyl (C=O) groups excluding carboxylic acids is 1. The molecule has 25 heavy (non-hydrogen) atoms. The zero-order chi connectivity index (χ0) is 18.8. The van der Waals surface area contributed by atoms with Gasteiger partial charge in [0.2, 0.25) is 5.65 Å². The second-order valence-electron chi connectivity index (χ2n) is 7.80. The maximum absolute atomic E-state index is 11.9. The monoisotopic (exact) mass is 350 g/mol. The third kappa shape index (κ3) is 4.94. The Bertz CT molecular complexity index is 810. The number of hydrogen-bond donors (Lipinski definition) is 3. The van der Waals surface area contributed by atoms with Crippen molar-refractivity contribution in [2.24, 2.45) is 0 Å². The highest BCUT2D eigenvalue weighted by molar-refractivity contribution is 5.68. The summed E-state index contributed by atoms with van der Waals surface area (Å²) < 4.78 is 6.60. The van der Waals surface area contributed by atoms with Gasteiger partial charge in [-0.05, 0) is 20.8 Å². The lowest BCUT2D eigenvalue weighted by Crippen LogP contribution is -2.35. The van der Waals surface area contributed by atoms with Gasteiger partial charge in [-0.3, -0.25) is 0 Å². The normalized spacial score (nSPS) is 12.2. The number of aromatic nitrogens is 4. The minimum Gasteiger partial charge on any atom is -0.444 e. The van der Waals surface area contributed by atoms with E-state index in [0.29, 0.717) is 24.6 Å². The Morgan fingerprint density at radius 1 is 1.24 bits per heavy atom. The molecule has 0 saturated heterocycles. The number of nitrogens with zero attached hydrogens (tertiary/aromatic N) is 3. The van der Waals surface area contributed by atoms with Gasteiger partial charge in [-0.25, -0.2) is 24.1 Å². The van der Waals surface area contributed by atoms with Crippen LogP contribution in [0.3, 0.4) is 0 Å². The average Bonchev–Trinajstić information content (AvgIpc) is 2.82. The Kier molecular flexibility index (Phi) is 5.05. The third-order valence-electron chi connectivity index (χ3n) is 3.25. The molecule has 0 saturated carbocycles. The first-order chi connectivity index (χ1) is 11.5. The third-order valence-corrected chi connectivity index (χ3v) is 3.25. The minimum atomic E-state index is -0.539. The first kappa shape index (κ1) is 18.8. The molecular formula is C16H26N6O3. The average molecular weight is 350 g/mol. The van der Waals surface area contributed by atoms with E-state index in [1.165, 1.54) is 4.40 Å². The summed E-state index contributed by atoms with van der Waals surface area (Å²) >= 11 is 0. The van der Waals surface area contributed by atoms with E-state index in [1.54, 1.807) is 27.0 Å². The fourth-order valence-electron chi connectivity index (χ4n) is 2.05. The van der Waals surface area contributed by atoms with Crippen LogP contribution in [0.2, 0.25) is 0 Å². The number of hydrogen-bond acceptors (Lipinski definition) is 6. The predicted octanol–water partition coefficient (Wildman–Crippen LogP) is 1.65. The highest BCUT2D eigenvalue weighted by Crippen LogP contribution is 2.22. The fourth-order valence-corrected chi connectivity index (χ4v) is 2.05. The van der Waals surface area contributed by atoms with E-state index >= 15 is 0 Å². The van der Waals surface area contributed by atoms with Gasteiger partial charge in [-0.2, -0.15) is 0 Å². The number of fused-ring (bicyclic) bond motifs is 1. The maximum Gasteiger partial charge on any atom is 0.407 e. The Labute approximate surface area is 146 Å². The number of H-pyrrole nitrogens is 1. The molecular weight excluding hydrogens is 324 g/mol. The lowest BCUT2D eigenvalue weighted by molar-refractivity contribution is 0.0530. The van der Waals surface area contributed by atoms with Crippen LogP contribution in [-0.2, 0) is 10.2 Å². The van der Waals surface area contributed by atoms with Crippen molar-refractivity contribution in [1.82, 2.24) is 24.9 Å². The van der Waals surface area contributed by atoms with Crippen LogP contribution < -0.4 is 16.3 Å². The van der Waals surface area contributed by atoms with E-state index in [9.17, 15) is 9.59 Å². The molecule has 9 heteroatoms. The van der Waals surface area contributed by atoms with Gasteiger partial charge in [-0.15, -0.1) is 5.10 Å². The van der Waals surface area contributed by atoms with Crippen LogP contribution in [-0.4, -0.2) is 44.4 Å². The van der Waals surface area contributed by atoms with Crippen molar-refractivity contribution in [3.05, 3.63) is 22.4 Å². The number of anilines is 1. The van der Waals surface area contributed by atoms with Crippen molar-refractivity contribution < 1.29 is 9.53 Å². The lowest BCUT2D eigenvalue weighted by atomic mass is 9.93. The van der Waals surface area contributed by atoms with Gasteiger partial charge in [0.1, 0.15) is 5.60 Å². The Morgan fingerprint density at radius 2 is 1.92 bits per heavy atom. The number of nitrogens with one attached hydrogen (secondary N) is 3. The summed E-state index contributed by atoms with van der Waals surface area (Å²) in [6, 6.07) is 0. The summed E-state index contributed by atoms with van der Waals surface area (Å²) in [6.07, 6.45) is 1.21. The van der Waals surface area contributed by atoms with Gasteiger partial charge in [0, 0.05) is 24.7 Å². The summed E-state index contributed by atoms with van der Waals surface area (Å²) in [5, 5.41) is 12.2. The molecule has 2 aromatic heterocycles. The van der Waals surface area contributed by atoms with Crippen LogP contribution in [0.25, 0.3) is 5.65 Å². The molecule has 0 unspecified atom stereocenters. The van der Waals surface area contributed by atoms with Crippen molar-refractivity contribution in [1.29, 1.82) is 0 Å². The van der Waals surface area contributed by atoms with Crippen molar-refractivity contribution >= 4 is 17.6 Å². The molecule has 9 nitrogen and oxygen atoms in total. The van der Waals surface area contributed by atoms with Gasteiger partial charge in [0.25, 0.3) is 0 Å². The number of alkyl carbamates (subject to hydrolysis) is 1. The second-order valence-corrected chi connectivity index (χ2v) is 7.80. The molecule has 0 bridgehead atoms. The van der Waals surface area contributed by atoms with Gasteiger partial charge in [0.05, 0.1) is 5.69 Å². The van der Waals surface area contributed by atoms with Crippen molar-refractivity contribution in [2.75, 3.05) is 18.4 Å². The molecule has 0 aliphatic heterocycles. The number of ether oxygens (including phenoxy) is 1.